The Hall–Kier alpha value is -3.31. The number of fused-ring (bicyclic) bond motifs is 3. The van der Waals surface area contributed by atoms with E-state index in [1.165, 1.54) is 11.8 Å². The maximum absolute atomic E-state index is 13.1. The number of aromatic nitrogens is 3. The van der Waals surface area contributed by atoms with Gasteiger partial charge in [-0.2, -0.15) is 0 Å². The lowest BCUT2D eigenvalue weighted by Crippen LogP contribution is -2.41. The molecule has 1 N–H and O–H groups in total. The molecule has 10 heteroatoms. The van der Waals surface area contributed by atoms with E-state index in [9.17, 15) is 10.2 Å². The van der Waals surface area contributed by atoms with Gasteiger partial charge in [0.05, 0.1) is 36.6 Å². The third kappa shape index (κ3) is 5.01. The molecule has 2 aliphatic rings. The van der Waals surface area contributed by atoms with Crippen LogP contribution in [-0.2, 0) is 27.3 Å². The lowest BCUT2D eigenvalue weighted by atomic mass is 9.90. The van der Waals surface area contributed by atoms with E-state index >= 15 is 0 Å². The van der Waals surface area contributed by atoms with Gasteiger partial charge in [0.25, 0.3) is 0 Å². The number of amides is 1. The van der Waals surface area contributed by atoms with Gasteiger partial charge in [-0.05, 0) is 43.7 Å². The van der Waals surface area contributed by atoms with Crippen molar-refractivity contribution in [1.82, 2.24) is 19.0 Å². The predicted molar refractivity (Wildman–Crippen MR) is 158 cm³/mol. The summed E-state index contributed by atoms with van der Waals surface area (Å²) in [4.78, 5) is 20.1. The van der Waals surface area contributed by atoms with Crippen molar-refractivity contribution in [3.05, 3.63) is 81.9 Å². The van der Waals surface area contributed by atoms with Gasteiger partial charge in [0.15, 0.2) is 10.8 Å². The number of ether oxygens (including phenoxy) is 2. The molecule has 0 saturated carbocycles. The van der Waals surface area contributed by atoms with Crippen LogP contribution >= 0.6 is 24.0 Å². The summed E-state index contributed by atoms with van der Waals surface area (Å²) in [6, 6.07) is 19.7. The van der Waals surface area contributed by atoms with Gasteiger partial charge < -0.3 is 14.4 Å². The summed E-state index contributed by atoms with van der Waals surface area (Å²) in [5.41, 5.74) is 4.14. The molecule has 2 aromatic heterocycles. The summed E-state index contributed by atoms with van der Waals surface area (Å²) in [5, 5.41) is 10.9. The van der Waals surface area contributed by atoms with Crippen LogP contribution in [0.2, 0.25) is 0 Å². The molecule has 0 spiro atoms. The zero-order chi connectivity index (χ0) is 27.9. The van der Waals surface area contributed by atoms with Crippen molar-refractivity contribution in [3.63, 3.8) is 0 Å². The number of morpholine rings is 1. The minimum absolute atomic E-state index is 0.0329. The van der Waals surface area contributed by atoms with Gasteiger partial charge in [0.1, 0.15) is 10.1 Å². The topological polar surface area (TPSA) is 85.4 Å². The van der Waals surface area contributed by atoms with Crippen LogP contribution < -0.4 is 5.49 Å². The van der Waals surface area contributed by atoms with Crippen LogP contribution in [0.1, 0.15) is 25.0 Å². The predicted octanol–water partition coefficient (Wildman–Crippen LogP) is 4.83. The van der Waals surface area contributed by atoms with Crippen LogP contribution in [0.4, 0.5) is 0 Å². The van der Waals surface area contributed by atoms with E-state index in [-0.39, 0.29) is 11.7 Å². The highest BCUT2D eigenvalue weighted by molar-refractivity contribution is 7.99. The van der Waals surface area contributed by atoms with Gasteiger partial charge in [-0.1, -0.05) is 60.4 Å². The first-order valence-electron chi connectivity index (χ1n) is 13.4. The van der Waals surface area contributed by atoms with Crippen molar-refractivity contribution >= 4 is 40.9 Å². The van der Waals surface area contributed by atoms with E-state index in [0.29, 0.717) is 60.3 Å². The molecule has 40 heavy (non-hydrogen) atoms. The number of hydrogen-bond donors (Lipinski definition) is 1. The molecule has 4 aromatic rings. The summed E-state index contributed by atoms with van der Waals surface area (Å²) in [5.74, 6) is 0.244. The smallest absolute Gasteiger partial charge is 0.233 e. The molecular formula is C30H31N5O3S2. The van der Waals surface area contributed by atoms with Crippen molar-refractivity contribution in [2.75, 3.05) is 32.1 Å². The summed E-state index contributed by atoms with van der Waals surface area (Å²) >= 11 is 7.41. The largest absolute Gasteiger partial charge is 0.378 e. The van der Waals surface area contributed by atoms with Gasteiger partial charge in [-0.25, -0.2) is 4.98 Å². The number of benzene rings is 2. The standard InChI is InChI=1S/C30H31N5O3S2/c1-30(2)17-22-23(18-38-30)28(39)35(21-11-7-4-8-12-21)27-25(22)26(31)34(20-9-5-3-6-10-20)29(32-27)40-19-24(36)33-13-15-37-16-14-33/h3-12,31H,13-19H2,1-2H3. The molecule has 0 bridgehead atoms. The van der Waals surface area contributed by atoms with E-state index in [1.54, 1.807) is 0 Å². The van der Waals surface area contributed by atoms with E-state index in [2.05, 4.69) is 13.8 Å². The van der Waals surface area contributed by atoms with Gasteiger partial charge >= 0.3 is 0 Å². The zero-order valence-corrected chi connectivity index (χ0v) is 24.2. The average molecular weight is 574 g/mol. The Morgan fingerprint density at radius 1 is 1.00 bits per heavy atom. The second-order valence-electron chi connectivity index (χ2n) is 10.6. The number of nitrogens with one attached hydrogen (secondary N) is 1. The number of hydrogen-bond acceptors (Lipinski definition) is 7. The van der Waals surface area contributed by atoms with Gasteiger partial charge in [-0.3, -0.25) is 19.3 Å². The molecule has 2 aliphatic heterocycles. The Labute approximate surface area is 242 Å². The number of carbonyl (C=O) groups excluding carboxylic acids is 1. The number of rotatable bonds is 5. The van der Waals surface area contributed by atoms with E-state index in [0.717, 1.165) is 27.9 Å². The summed E-state index contributed by atoms with van der Waals surface area (Å²) in [7, 11) is 0. The molecule has 206 valence electrons. The lowest BCUT2D eigenvalue weighted by molar-refractivity contribution is -0.132. The highest BCUT2D eigenvalue weighted by Gasteiger charge is 2.31. The highest BCUT2D eigenvalue weighted by atomic mass is 32.2. The Kier molecular flexibility index (Phi) is 7.35. The molecule has 4 heterocycles. The van der Waals surface area contributed by atoms with Crippen molar-refractivity contribution < 1.29 is 14.3 Å². The summed E-state index contributed by atoms with van der Waals surface area (Å²) in [6.07, 6.45) is 0.614. The van der Waals surface area contributed by atoms with Crippen LogP contribution in [0.25, 0.3) is 22.4 Å². The number of pyridine rings is 1. The minimum Gasteiger partial charge on any atom is -0.378 e. The Bertz CT molecular complexity index is 1690. The Morgan fingerprint density at radius 2 is 1.62 bits per heavy atom. The maximum Gasteiger partial charge on any atom is 0.233 e. The van der Waals surface area contributed by atoms with Crippen molar-refractivity contribution in [1.29, 1.82) is 5.41 Å². The minimum atomic E-state index is -0.400. The molecule has 6 rings (SSSR count). The fourth-order valence-corrected chi connectivity index (χ4v) is 6.60. The molecule has 0 atom stereocenters. The van der Waals surface area contributed by atoms with E-state index in [4.69, 9.17) is 26.7 Å². The van der Waals surface area contributed by atoms with Crippen LogP contribution in [0.3, 0.4) is 0 Å². The number of para-hydroxylation sites is 2. The molecule has 1 amide bonds. The molecule has 0 unspecified atom stereocenters. The zero-order valence-electron chi connectivity index (χ0n) is 22.6. The second-order valence-corrected chi connectivity index (χ2v) is 11.9. The number of carbonyl (C=O) groups is 1. The maximum atomic E-state index is 13.1. The monoisotopic (exact) mass is 573 g/mol. The van der Waals surface area contributed by atoms with E-state index < -0.39 is 5.60 Å². The number of nitrogens with zero attached hydrogens (tertiary/aromatic N) is 4. The molecule has 0 radical (unpaired) electrons. The molecular weight excluding hydrogens is 542 g/mol. The first kappa shape index (κ1) is 26.9. The molecule has 0 aliphatic carbocycles. The third-order valence-electron chi connectivity index (χ3n) is 7.34. The van der Waals surface area contributed by atoms with Crippen LogP contribution in [-0.4, -0.2) is 62.6 Å². The van der Waals surface area contributed by atoms with E-state index in [1.807, 2.05) is 74.7 Å². The van der Waals surface area contributed by atoms with Crippen LogP contribution in [0, 0.1) is 10.0 Å². The van der Waals surface area contributed by atoms with Crippen molar-refractivity contribution in [3.8, 4) is 11.4 Å². The second kappa shape index (κ2) is 10.9. The summed E-state index contributed by atoms with van der Waals surface area (Å²) in [6.45, 7) is 6.78. The summed E-state index contributed by atoms with van der Waals surface area (Å²) < 4.78 is 16.0. The third-order valence-corrected chi connectivity index (χ3v) is 8.70. The lowest BCUT2D eigenvalue weighted by Gasteiger charge is -2.33. The average Bonchev–Trinajstić information content (AvgIpc) is 2.96. The fraction of sp³-hybridized carbons (Fsp3) is 0.333. The van der Waals surface area contributed by atoms with Gasteiger partial charge in [0, 0.05) is 36.4 Å². The van der Waals surface area contributed by atoms with Crippen LogP contribution in [0.5, 0.6) is 0 Å². The number of thioether (sulfide) groups is 1. The van der Waals surface area contributed by atoms with Crippen molar-refractivity contribution in [2.45, 2.75) is 37.6 Å². The van der Waals surface area contributed by atoms with Gasteiger partial charge in [-0.15, -0.1) is 0 Å². The SMILES string of the molecule is CC1(C)Cc2c(c(=S)n(-c3ccccc3)c3nc(SCC(=O)N4CCOCC4)n(-c4ccccc4)c(=N)c23)CO1. The van der Waals surface area contributed by atoms with Crippen molar-refractivity contribution in [2.24, 2.45) is 0 Å². The Morgan fingerprint density at radius 3 is 2.27 bits per heavy atom. The molecule has 2 aromatic carbocycles. The first-order chi connectivity index (χ1) is 19.3. The van der Waals surface area contributed by atoms with Crippen LogP contribution in [0.15, 0.2) is 65.8 Å². The van der Waals surface area contributed by atoms with Gasteiger partial charge in [0.2, 0.25) is 5.91 Å². The normalized spacial score (nSPS) is 16.6. The Balaban J connectivity index is 1.61. The highest BCUT2D eigenvalue weighted by Crippen LogP contribution is 2.35. The first-order valence-corrected chi connectivity index (χ1v) is 14.7. The molecule has 8 nitrogen and oxygen atoms in total. The molecule has 1 saturated heterocycles. The quantitative estimate of drug-likeness (QED) is 0.209. The molecule has 1 fully saturated rings. The fourth-order valence-electron chi connectivity index (χ4n) is 5.31.